The topological polar surface area (TPSA) is 21.3 Å². The van der Waals surface area contributed by atoms with Crippen molar-refractivity contribution in [3.63, 3.8) is 0 Å². The molecule has 0 aliphatic carbocycles. The van der Waals surface area contributed by atoms with Crippen molar-refractivity contribution in [1.29, 1.82) is 0 Å². The third-order valence-electron chi connectivity index (χ3n) is 4.21. The molecule has 1 aromatic carbocycles. The fraction of sp³-hybridized carbons (Fsp3) is 0.667. The van der Waals surface area contributed by atoms with Crippen molar-refractivity contribution in [2.24, 2.45) is 5.92 Å². The molecule has 1 fully saturated rings. The van der Waals surface area contributed by atoms with Gasteiger partial charge in [-0.2, -0.15) is 0 Å². The predicted octanol–water partition coefficient (Wildman–Crippen LogP) is 4.57. The Morgan fingerprint density at radius 1 is 1.29 bits per heavy atom. The van der Waals surface area contributed by atoms with Crippen LogP contribution < -0.4 is 5.32 Å². The largest absolute Gasteiger partial charge is 0.375 e. The van der Waals surface area contributed by atoms with Gasteiger partial charge in [-0.05, 0) is 75.7 Å². The van der Waals surface area contributed by atoms with Gasteiger partial charge in [-0.3, -0.25) is 0 Å². The molecule has 0 spiro atoms. The highest BCUT2D eigenvalue weighted by molar-refractivity contribution is 9.10. The Bertz CT molecular complexity index is 406. The van der Waals surface area contributed by atoms with Crippen LogP contribution in [0.5, 0.6) is 0 Å². The van der Waals surface area contributed by atoms with E-state index in [1.54, 1.807) is 0 Å². The third kappa shape index (κ3) is 6.09. The molecule has 0 amide bonds. The highest BCUT2D eigenvalue weighted by Crippen LogP contribution is 2.26. The molecule has 1 aliphatic heterocycles. The lowest BCUT2D eigenvalue weighted by molar-refractivity contribution is 0.0408. The lowest BCUT2D eigenvalue weighted by Gasteiger charge is -2.21. The van der Waals surface area contributed by atoms with Crippen molar-refractivity contribution < 1.29 is 4.74 Å². The Balaban J connectivity index is 1.89. The van der Waals surface area contributed by atoms with Crippen molar-refractivity contribution in [3.05, 3.63) is 34.3 Å². The predicted molar refractivity (Wildman–Crippen MR) is 92.7 cm³/mol. The molecule has 1 N–H and O–H groups in total. The van der Waals surface area contributed by atoms with E-state index in [1.807, 2.05) is 0 Å². The highest BCUT2D eigenvalue weighted by Gasteiger charge is 2.25. The summed E-state index contributed by atoms with van der Waals surface area (Å²) in [7, 11) is 0. The van der Waals surface area contributed by atoms with Crippen LogP contribution in [0.3, 0.4) is 0 Å². The van der Waals surface area contributed by atoms with Crippen molar-refractivity contribution in [1.82, 2.24) is 5.32 Å². The zero-order valence-electron chi connectivity index (χ0n) is 13.3. The molecule has 3 heteroatoms. The van der Waals surface area contributed by atoms with Gasteiger partial charge in [-0.15, -0.1) is 0 Å². The summed E-state index contributed by atoms with van der Waals surface area (Å²) in [6.07, 6.45) is 6.87. The molecule has 0 saturated carbocycles. The zero-order valence-corrected chi connectivity index (χ0v) is 14.9. The molecule has 3 unspecified atom stereocenters. The van der Waals surface area contributed by atoms with Gasteiger partial charge in [0.1, 0.15) is 0 Å². The van der Waals surface area contributed by atoms with Crippen LogP contribution >= 0.6 is 15.9 Å². The van der Waals surface area contributed by atoms with Crippen LogP contribution in [0.1, 0.15) is 45.1 Å². The lowest BCUT2D eigenvalue weighted by Crippen LogP contribution is -2.28. The number of hydrogen-bond donors (Lipinski definition) is 1. The summed E-state index contributed by atoms with van der Waals surface area (Å²) in [5.41, 5.74) is 1.42. The zero-order chi connectivity index (χ0) is 15.1. The van der Waals surface area contributed by atoms with E-state index in [0.29, 0.717) is 18.1 Å². The minimum absolute atomic E-state index is 0.451. The van der Waals surface area contributed by atoms with Crippen LogP contribution in [0, 0.1) is 5.92 Å². The molecular weight excluding hydrogens is 326 g/mol. The standard InChI is InChI=1S/C18H28BrNO/c1-3-10-20-13-16(12-18-9-4-14(2)21-18)11-15-5-7-17(19)8-6-15/h5-8,14,16,18,20H,3-4,9-13H2,1-2H3. The monoisotopic (exact) mass is 353 g/mol. The van der Waals surface area contributed by atoms with Crippen LogP contribution in [-0.4, -0.2) is 25.3 Å². The van der Waals surface area contributed by atoms with E-state index < -0.39 is 0 Å². The first-order chi connectivity index (χ1) is 10.2. The Kier molecular flexibility index (Phi) is 7.21. The second-order valence-electron chi connectivity index (χ2n) is 6.28. The van der Waals surface area contributed by atoms with Gasteiger partial charge in [-0.1, -0.05) is 35.0 Å². The van der Waals surface area contributed by atoms with Gasteiger partial charge in [-0.25, -0.2) is 0 Å². The van der Waals surface area contributed by atoms with Gasteiger partial charge in [0.15, 0.2) is 0 Å². The molecule has 1 heterocycles. The van der Waals surface area contributed by atoms with Gasteiger partial charge >= 0.3 is 0 Å². The smallest absolute Gasteiger partial charge is 0.0583 e. The number of ether oxygens (including phenoxy) is 1. The van der Waals surface area contributed by atoms with E-state index in [2.05, 4.69) is 59.4 Å². The van der Waals surface area contributed by atoms with Crippen LogP contribution in [0.15, 0.2) is 28.7 Å². The second kappa shape index (κ2) is 8.92. The minimum atomic E-state index is 0.451. The molecule has 1 saturated heterocycles. The number of halogens is 1. The molecule has 118 valence electrons. The third-order valence-corrected chi connectivity index (χ3v) is 4.74. The molecule has 3 atom stereocenters. The maximum atomic E-state index is 6.02. The Labute approximate surface area is 137 Å². The second-order valence-corrected chi connectivity index (χ2v) is 7.20. The maximum absolute atomic E-state index is 6.02. The molecule has 21 heavy (non-hydrogen) atoms. The van der Waals surface area contributed by atoms with E-state index in [4.69, 9.17) is 4.74 Å². The molecule has 2 rings (SSSR count). The van der Waals surface area contributed by atoms with Crippen molar-refractivity contribution in [3.8, 4) is 0 Å². The molecular formula is C18H28BrNO. The van der Waals surface area contributed by atoms with E-state index in [-0.39, 0.29) is 0 Å². The van der Waals surface area contributed by atoms with Gasteiger partial charge in [0.25, 0.3) is 0 Å². The normalized spacial score (nSPS) is 23.4. The summed E-state index contributed by atoms with van der Waals surface area (Å²) in [4.78, 5) is 0. The van der Waals surface area contributed by atoms with Crippen LogP contribution in [0.25, 0.3) is 0 Å². The summed E-state index contributed by atoms with van der Waals surface area (Å²) in [6, 6.07) is 8.74. The maximum Gasteiger partial charge on any atom is 0.0583 e. The molecule has 1 aliphatic rings. The van der Waals surface area contributed by atoms with Crippen molar-refractivity contribution >= 4 is 15.9 Å². The number of benzene rings is 1. The quantitative estimate of drug-likeness (QED) is 0.691. The molecule has 0 radical (unpaired) electrons. The SMILES string of the molecule is CCCNCC(Cc1ccc(Br)cc1)CC1CCC(C)O1. The average Bonchev–Trinajstić information content (AvgIpc) is 2.87. The van der Waals surface area contributed by atoms with Crippen LogP contribution in [0.2, 0.25) is 0 Å². The summed E-state index contributed by atoms with van der Waals surface area (Å²) in [5, 5.41) is 3.59. The Morgan fingerprint density at radius 2 is 2.05 bits per heavy atom. The molecule has 1 aromatic rings. The van der Waals surface area contributed by atoms with Gasteiger partial charge < -0.3 is 10.1 Å². The Morgan fingerprint density at radius 3 is 2.67 bits per heavy atom. The van der Waals surface area contributed by atoms with Crippen LogP contribution in [0.4, 0.5) is 0 Å². The summed E-state index contributed by atoms with van der Waals surface area (Å²) < 4.78 is 7.17. The number of nitrogens with one attached hydrogen (secondary N) is 1. The first kappa shape index (κ1) is 17.0. The fourth-order valence-electron chi connectivity index (χ4n) is 3.11. The summed E-state index contributed by atoms with van der Waals surface area (Å²) in [5.74, 6) is 0.660. The van der Waals surface area contributed by atoms with Crippen molar-refractivity contribution in [2.75, 3.05) is 13.1 Å². The van der Waals surface area contributed by atoms with Crippen LogP contribution in [-0.2, 0) is 11.2 Å². The first-order valence-electron chi connectivity index (χ1n) is 8.28. The molecule has 0 bridgehead atoms. The number of rotatable bonds is 8. The number of hydrogen-bond acceptors (Lipinski definition) is 2. The first-order valence-corrected chi connectivity index (χ1v) is 9.07. The van der Waals surface area contributed by atoms with E-state index in [9.17, 15) is 0 Å². The van der Waals surface area contributed by atoms with Gasteiger partial charge in [0.2, 0.25) is 0 Å². The van der Waals surface area contributed by atoms with Gasteiger partial charge in [0, 0.05) is 4.47 Å². The summed E-state index contributed by atoms with van der Waals surface area (Å²) in [6.45, 7) is 6.62. The van der Waals surface area contributed by atoms with E-state index in [1.165, 1.54) is 31.2 Å². The van der Waals surface area contributed by atoms with E-state index >= 15 is 0 Å². The lowest BCUT2D eigenvalue weighted by atomic mass is 9.92. The average molecular weight is 354 g/mol. The van der Waals surface area contributed by atoms with Crippen molar-refractivity contribution in [2.45, 2.75) is 58.2 Å². The Hall–Kier alpha value is -0.380. The van der Waals surface area contributed by atoms with Gasteiger partial charge in [0.05, 0.1) is 12.2 Å². The molecule has 2 nitrogen and oxygen atoms in total. The highest BCUT2D eigenvalue weighted by atomic mass is 79.9. The molecule has 0 aromatic heterocycles. The minimum Gasteiger partial charge on any atom is -0.375 e. The van der Waals surface area contributed by atoms with E-state index in [0.717, 1.165) is 24.0 Å². The summed E-state index contributed by atoms with van der Waals surface area (Å²) >= 11 is 3.51. The fourth-order valence-corrected chi connectivity index (χ4v) is 3.37.